The zero-order valence-corrected chi connectivity index (χ0v) is 15.3. The molecule has 0 aliphatic carbocycles. The number of hydrogen-bond acceptors (Lipinski definition) is 5. The van der Waals surface area contributed by atoms with Gasteiger partial charge in [0.05, 0.1) is 19.9 Å². The minimum Gasteiger partial charge on any atom is -0.493 e. The van der Waals surface area contributed by atoms with Crippen molar-refractivity contribution in [3.63, 3.8) is 0 Å². The maximum Gasteiger partial charge on any atom is 0.231 e. The number of amides is 1. The van der Waals surface area contributed by atoms with E-state index in [1.807, 2.05) is 42.5 Å². The van der Waals surface area contributed by atoms with E-state index in [-0.39, 0.29) is 6.79 Å². The summed E-state index contributed by atoms with van der Waals surface area (Å²) in [5.41, 5.74) is 2.62. The van der Waals surface area contributed by atoms with Gasteiger partial charge in [-0.15, -0.1) is 0 Å². The number of carbonyl (C=O) groups excluding carboxylic acids is 1. The van der Waals surface area contributed by atoms with Crippen molar-refractivity contribution in [1.29, 1.82) is 0 Å². The lowest BCUT2D eigenvalue weighted by atomic mass is 9.97. The number of carbonyl (C=O) groups is 1. The third kappa shape index (κ3) is 2.79. The molecule has 0 aromatic heterocycles. The summed E-state index contributed by atoms with van der Waals surface area (Å²) < 4.78 is 21.7. The smallest absolute Gasteiger partial charge is 0.231 e. The number of benzene rings is 3. The SMILES string of the molecule is COc1cc2ccc(-c3ccc4c(c3)OCO4)c(N(C)C=O)c2cc1OC. The summed E-state index contributed by atoms with van der Waals surface area (Å²) >= 11 is 0. The number of hydrogen-bond donors (Lipinski definition) is 0. The molecule has 138 valence electrons. The number of methoxy groups -OCH3 is 2. The van der Waals surface area contributed by atoms with Crippen LogP contribution in [0.1, 0.15) is 0 Å². The highest BCUT2D eigenvalue weighted by Crippen LogP contribution is 2.43. The van der Waals surface area contributed by atoms with E-state index in [1.165, 1.54) is 0 Å². The second kappa shape index (κ2) is 6.72. The Morgan fingerprint density at radius 2 is 1.70 bits per heavy atom. The first-order chi connectivity index (χ1) is 13.2. The van der Waals surface area contributed by atoms with Gasteiger partial charge in [-0.05, 0) is 35.2 Å². The van der Waals surface area contributed by atoms with Crippen LogP contribution >= 0.6 is 0 Å². The van der Waals surface area contributed by atoms with Crippen molar-refractivity contribution >= 4 is 22.9 Å². The fourth-order valence-electron chi connectivity index (χ4n) is 3.36. The van der Waals surface area contributed by atoms with E-state index in [2.05, 4.69) is 0 Å². The molecular formula is C21H19NO5. The highest BCUT2D eigenvalue weighted by Gasteiger charge is 2.19. The first-order valence-electron chi connectivity index (χ1n) is 8.43. The van der Waals surface area contributed by atoms with Crippen LogP contribution < -0.4 is 23.8 Å². The molecule has 0 atom stereocenters. The van der Waals surface area contributed by atoms with Gasteiger partial charge in [0, 0.05) is 18.0 Å². The van der Waals surface area contributed by atoms with Crippen LogP contribution in [-0.4, -0.2) is 34.5 Å². The van der Waals surface area contributed by atoms with Crippen LogP contribution in [0.5, 0.6) is 23.0 Å². The van der Waals surface area contributed by atoms with Crippen LogP contribution in [0.4, 0.5) is 5.69 Å². The summed E-state index contributed by atoms with van der Waals surface area (Å²) in [7, 11) is 4.92. The molecule has 1 amide bonds. The van der Waals surface area contributed by atoms with Crippen molar-refractivity contribution in [2.75, 3.05) is 33.0 Å². The van der Waals surface area contributed by atoms with Crippen LogP contribution in [0.25, 0.3) is 21.9 Å². The Morgan fingerprint density at radius 3 is 2.44 bits per heavy atom. The molecule has 0 radical (unpaired) electrons. The van der Waals surface area contributed by atoms with Gasteiger partial charge in [0.25, 0.3) is 0 Å². The summed E-state index contributed by atoms with van der Waals surface area (Å²) in [6.07, 6.45) is 0.794. The summed E-state index contributed by atoms with van der Waals surface area (Å²) in [6, 6.07) is 13.5. The van der Waals surface area contributed by atoms with E-state index in [0.29, 0.717) is 17.2 Å². The molecule has 3 aromatic carbocycles. The number of fused-ring (bicyclic) bond motifs is 2. The van der Waals surface area contributed by atoms with Crippen molar-refractivity contribution in [1.82, 2.24) is 0 Å². The molecule has 0 spiro atoms. The normalized spacial score (nSPS) is 12.1. The topological polar surface area (TPSA) is 57.2 Å². The second-order valence-corrected chi connectivity index (χ2v) is 6.17. The van der Waals surface area contributed by atoms with E-state index in [0.717, 1.165) is 39.7 Å². The van der Waals surface area contributed by atoms with E-state index < -0.39 is 0 Å². The van der Waals surface area contributed by atoms with Crippen molar-refractivity contribution in [3.8, 4) is 34.1 Å². The maximum absolute atomic E-state index is 11.6. The van der Waals surface area contributed by atoms with Crippen LogP contribution in [0.15, 0.2) is 42.5 Å². The standard InChI is InChI=1S/C21H19NO5/c1-22(11-23)21-15(13-5-7-17-20(9-13)27-12-26-17)6-4-14-8-18(24-2)19(25-3)10-16(14)21/h4-11H,12H2,1-3H3. The van der Waals surface area contributed by atoms with Gasteiger partial charge in [-0.1, -0.05) is 18.2 Å². The minimum absolute atomic E-state index is 0.217. The minimum atomic E-state index is 0.217. The highest BCUT2D eigenvalue weighted by molar-refractivity contribution is 6.06. The molecular weight excluding hydrogens is 346 g/mol. The fraction of sp³-hybridized carbons (Fsp3) is 0.190. The molecule has 27 heavy (non-hydrogen) atoms. The van der Waals surface area contributed by atoms with Gasteiger partial charge < -0.3 is 23.8 Å². The summed E-state index contributed by atoms with van der Waals surface area (Å²) in [4.78, 5) is 13.2. The number of anilines is 1. The predicted octanol–water partition coefficient (Wildman–Crippen LogP) is 3.85. The molecule has 0 N–H and O–H groups in total. The van der Waals surface area contributed by atoms with Crippen molar-refractivity contribution < 1.29 is 23.7 Å². The lowest BCUT2D eigenvalue weighted by Crippen LogP contribution is -2.15. The Kier molecular flexibility index (Phi) is 4.24. The van der Waals surface area contributed by atoms with Crippen LogP contribution in [0.2, 0.25) is 0 Å². The van der Waals surface area contributed by atoms with Gasteiger partial charge in [0.2, 0.25) is 13.2 Å². The maximum atomic E-state index is 11.6. The Balaban J connectivity index is 1.98. The van der Waals surface area contributed by atoms with Gasteiger partial charge in [-0.25, -0.2) is 0 Å². The molecule has 1 heterocycles. The van der Waals surface area contributed by atoms with Gasteiger partial charge in [0.15, 0.2) is 23.0 Å². The third-order valence-corrected chi connectivity index (χ3v) is 4.69. The Morgan fingerprint density at radius 1 is 0.963 bits per heavy atom. The van der Waals surface area contributed by atoms with Crippen molar-refractivity contribution in [2.45, 2.75) is 0 Å². The average Bonchev–Trinajstić information content (AvgIpc) is 3.19. The average molecular weight is 365 g/mol. The molecule has 0 bridgehead atoms. The molecule has 1 aliphatic heterocycles. The number of rotatable bonds is 5. The number of ether oxygens (including phenoxy) is 4. The van der Waals surface area contributed by atoms with Crippen molar-refractivity contribution in [3.05, 3.63) is 42.5 Å². The third-order valence-electron chi connectivity index (χ3n) is 4.69. The van der Waals surface area contributed by atoms with E-state index in [9.17, 15) is 4.79 Å². The summed E-state index contributed by atoms with van der Waals surface area (Å²) in [6.45, 7) is 0.217. The Hall–Kier alpha value is -3.41. The summed E-state index contributed by atoms with van der Waals surface area (Å²) in [5, 5.41) is 1.83. The first kappa shape index (κ1) is 17.0. The van der Waals surface area contributed by atoms with E-state index in [4.69, 9.17) is 18.9 Å². The lowest BCUT2D eigenvalue weighted by molar-refractivity contribution is -0.107. The quantitative estimate of drug-likeness (QED) is 0.643. The molecule has 0 unspecified atom stereocenters. The largest absolute Gasteiger partial charge is 0.493 e. The second-order valence-electron chi connectivity index (χ2n) is 6.17. The molecule has 1 aliphatic rings. The van der Waals surface area contributed by atoms with Crippen molar-refractivity contribution in [2.24, 2.45) is 0 Å². The molecule has 0 saturated carbocycles. The predicted molar refractivity (Wildman–Crippen MR) is 103 cm³/mol. The van der Waals surface area contributed by atoms with Gasteiger partial charge >= 0.3 is 0 Å². The van der Waals surface area contributed by atoms with E-state index in [1.54, 1.807) is 26.2 Å². The summed E-state index contributed by atoms with van der Waals surface area (Å²) in [5.74, 6) is 2.66. The molecule has 0 fully saturated rings. The van der Waals surface area contributed by atoms with Gasteiger partial charge in [0.1, 0.15) is 0 Å². The van der Waals surface area contributed by atoms with Crippen LogP contribution in [-0.2, 0) is 4.79 Å². The molecule has 3 aromatic rings. The van der Waals surface area contributed by atoms with Gasteiger partial charge in [-0.3, -0.25) is 4.79 Å². The van der Waals surface area contributed by atoms with Crippen LogP contribution in [0.3, 0.4) is 0 Å². The molecule has 6 heteroatoms. The van der Waals surface area contributed by atoms with Crippen LogP contribution in [0, 0.1) is 0 Å². The lowest BCUT2D eigenvalue weighted by Gasteiger charge is -2.20. The molecule has 4 rings (SSSR count). The zero-order valence-electron chi connectivity index (χ0n) is 15.3. The molecule has 0 saturated heterocycles. The highest BCUT2D eigenvalue weighted by atomic mass is 16.7. The van der Waals surface area contributed by atoms with Gasteiger partial charge in [-0.2, -0.15) is 0 Å². The molecule has 6 nitrogen and oxygen atoms in total. The first-order valence-corrected chi connectivity index (χ1v) is 8.43. The fourth-order valence-corrected chi connectivity index (χ4v) is 3.36. The Labute approximate surface area is 156 Å². The van der Waals surface area contributed by atoms with E-state index >= 15 is 0 Å². The zero-order chi connectivity index (χ0) is 19.0. The monoisotopic (exact) mass is 365 g/mol. The number of nitrogens with zero attached hydrogens (tertiary/aromatic N) is 1. The Bertz CT molecular complexity index is 1030.